The second-order valence-corrected chi connectivity index (χ2v) is 16.7. The summed E-state index contributed by atoms with van der Waals surface area (Å²) >= 11 is 18.8. The molecule has 5 aliphatic carbocycles. The molecule has 1 aromatic rings. The molecule has 0 amide bonds. The summed E-state index contributed by atoms with van der Waals surface area (Å²) in [6.45, 7) is 7.56. The minimum absolute atomic E-state index is 0.0704. The number of alkyl halides is 2. The summed E-state index contributed by atoms with van der Waals surface area (Å²) < 4.78 is 11.7. The van der Waals surface area contributed by atoms with Crippen LogP contribution in [-0.4, -0.2) is 60.6 Å². The van der Waals surface area contributed by atoms with E-state index in [1.807, 2.05) is 0 Å². The van der Waals surface area contributed by atoms with Crippen molar-refractivity contribution >= 4 is 64.0 Å². The molecule has 0 saturated heterocycles. The van der Waals surface area contributed by atoms with Gasteiger partial charge in [0.1, 0.15) is 0 Å². The normalized spacial score (nSPS) is 33.6. The van der Waals surface area contributed by atoms with Gasteiger partial charge in [0.25, 0.3) is 0 Å². The van der Waals surface area contributed by atoms with Crippen LogP contribution in [0.4, 0.5) is 5.69 Å². The monoisotopic (exact) mass is 745 g/mol. The fraction of sp³-hybridized carbons (Fsp3) is 0.650. The third kappa shape index (κ3) is 6.69. The Morgan fingerprint density at radius 2 is 1.60 bits per heavy atom. The van der Waals surface area contributed by atoms with Crippen LogP contribution in [0.5, 0.6) is 0 Å². The molecule has 0 aliphatic heterocycles. The molecule has 6 rings (SSSR count). The number of aryl methyl sites for hydroxylation is 1. The molecule has 0 spiro atoms. The summed E-state index contributed by atoms with van der Waals surface area (Å²) in [7, 11) is 0. The number of anilines is 1. The summed E-state index contributed by atoms with van der Waals surface area (Å²) in [6.07, 6.45) is 9.89. The number of hydrogen-bond acceptors (Lipinski definition) is 7. The van der Waals surface area contributed by atoms with Crippen LogP contribution in [0.3, 0.4) is 0 Å². The van der Waals surface area contributed by atoms with Gasteiger partial charge < -0.3 is 14.4 Å². The molecule has 0 bridgehead atoms. The maximum Gasteiger partial charge on any atom is 0.306 e. The van der Waals surface area contributed by atoms with Gasteiger partial charge in [-0.25, -0.2) is 0 Å². The highest BCUT2D eigenvalue weighted by atomic mass is 35.5. The lowest BCUT2D eigenvalue weighted by Crippen LogP contribution is -2.58. The number of carbonyl (C=O) groups is 4. The Labute approximate surface area is 311 Å². The van der Waals surface area contributed by atoms with Gasteiger partial charge in [-0.05, 0) is 111 Å². The number of allylic oxidation sites excluding steroid dienone is 4. The van der Waals surface area contributed by atoms with Crippen molar-refractivity contribution in [2.45, 2.75) is 90.6 Å². The highest BCUT2D eigenvalue weighted by Crippen LogP contribution is 2.72. The fourth-order valence-electron chi connectivity index (χ4n) is 10.4. The highest BCUT2D eigenvalue weighted by Gasteiger charge is 2.70. The molecule has 50 heavy (non-hydrogen) atoms. The first-order valence-electron chi connectivity index (χ1n) is 18.4. The topological polar surface area (TPSA) is 90.0 Å². The van der Waals surface area contributed by atoms with Gasteiger partial charge in [-0.2, -0.15) is 0 Å². The number of esters is 2. The Balaban J connectivity index is 0.986. The Kier molecular flexibility index (Phi) is 11.2. The lowest BCUT2D eigenvalue weighted by Gasteiger charge is -2.57. The molecule has 0 heterocycles. The third-order valence-corrected chi connectivity index (χ3v) is 13.8. The molecular weight excluding hydrogens is 697 g/mol. The lowest BCUT2D eigenvalue weighted by atomic mass is 9.47. The van der Waals surface area contributed by atoms with Crippen LogP contribution in [0.2, 0.25) is 0 Å². The van der Waals surface area contributed by atoms with Crippen molar-refractivity contribution in [2.75, 3.05) is 36.4 Å². The van der Waals surface area contributed by atoms with Crippen molar-refractivity contribution in [2.24, 2.45) is 40.4 Å². The average Bonchev–Trinajstić information content (AvgIpc) is 3.85. The molecule has 10 heteroatoms. The van der Waals surface area contributed by atoms with E-state index in [0.717, 1.165) is 62.0 Å². The Morgan fingerprint density at radius 3 is 2.28 bits per heavy atom. The zero-order chi connectivity index (χ0) is 35.8. The molecular formula is C40H50Cl3NO6. The number of carbonyl (C=O) groups excluding carboxylic acids is 4. The number of ether oxygens (including phenoxy) is 2. The molecule has 5 aliphatic rings. The predicted octanol–water partition coefficient (Wildman–Crippen LogP) is 8.22. The van der Waals surface area contributed by atoms with Gasteiger partial charge in [-0.15, -0.1) is 23.2 Å². The molecule has 0 radical (unpaired) electrons. The number of benzene rings is 1. The first-order chi connectivity index (χ1) is 23.9. The first kappa shape index (κ1) is 37.4. The summed E-state index contributed by atoms with van der Waals surface area (Å²) in [5.41, 5.74) is 1.35. The second-order valence-electron chi connectivity index (χ2n) is 15.6. The van der Waals surface area contributed by atoms with Gasteiger partial charge in [0.2, 0.25) is 0 Å². The largest absolute Gasteiger partial charge is 0.466 e. The van der Waals surface area contributed by atoms with Crippen molar-refractivity contribution in [3.63, 3.8) is 0 Å². The van der Waals surface area contributed by atoms with Crippen LogP contribution < -0.4 is 4.90 Å². The number of Topliss-reactive ketones (excluding diaryl/α,β-unsaturated/α-hetero) is 1. The molecule has 7 nitrogen and oxygen atoms in total. The minimum atomic E-state index is -1.19. The molecule has 0 unspecified atom stereocenters. The van der Waals surface area contributed by atoms with E-state index in [4.69, 9.17) is 44.3 Å². The van der Waals surface area contributed by atoms with E-state index in [2.05, 4.69) is 49.1 Å². The number of halogens is 3. The van der Waals surface area contributed by atoms with E-state index in [1.54, 1.807) is 13.0 Å². The number of nitrogens with zero attached hydrogens (tertiary/aromatic N) is 1. The van der Waals surface area contributed by atoms with E-state index in [0.29, 0.717) is 54.3 Å². The summed E-state index contributed by atoms with van der Waals surface area (Å²) in [5.74, 6) is 1.51. The number of fused-ring (bicyclic) bond motifs is 7. The smallest absolute Gasteiger partial charge is 0.306 e. The molecule has 1 aromatic carbocycles. The molecule has 3 fully saturated rings. The van der Waals surface area contributed by atoms with Crippen LogP contribution in [0.1, 0.15) is 84.1 Å². The Morgan fingerprint density at radius 1 is 0.920 bits per heavy atom. The fourth-order valence-corrected chi connectivity index (χ4v) is 11.2. The van der Waals surface area contributed by atoms with Gasteiger partial charge in [-0.1, -0.05) is 43.7 Å². The van der Waals surface area contributed by atoms with E-state index < -0.39 is 17.0 Å². The summed E-state index contributed by atoms with van der Waals surface area (Å²) in [6, 6.07) is 8.23. The third-order valence-electron chi connectivity index (χ3n) is 13.1. The predicted molar refractivity (Wildman–Crippen MR) is 197 cm³/mol. The van der Waals surface area contributed by atoms with Gasteiger partial charge in [0, 0.05) is 65.2 Å². The van der Waals surface area contributed by atoms with Gasteiger partial charge in [0.05, 0.1) is 6.61 Å². The van der Waals surface area contributed by atoms with Crippen molar-refractivity contribution in [3.8, 4) is 0 Å². The van der Waals surface area contributed by atoms with Gasteiger partial charge in [0.15, 0.2) is 17.2 Å². The minimum Gasteiger partial charge on any atom is -0.466 e. The first-order valence-corrected chi connectivity index (χ1v) is 19.8. The summed E-state index contributed by atoms with van der Waals surface area (Å²) in [5, 5.41) is 0.672. The summed E-state index contributed by atoms with van der Waals surface area (Å²) in [4.78, 5) is 53.9. The van der Waals surface area contributed by atoms with Crippen molar-refractivity contribution in [1.29, 1.82) is 0 Å². The van der Waals surface area contributed by atoms with Gasteiger partial charge >= 0.3 is 11.9 Å². The number of hydrogen-bond donors (Lipinski definition) is 0. The second kappa shape index (κ2) is 14.9. The van der Waals surface area contributed by atoms with Crippen molar-refractivity contribution in [1.82, 2.24) is 0 Å². The maximum atomic E-state index is 13.4. The van der Waals surface area contributed by atoms with Gasteiger partial charge in [-0.3, -0.25) is 19.2 Å². The van der Waals surface area contributed by atoms with Crippen LogP contribution in [-0.2, 0) is 35.1 Å². The van der Waals surface area contributed by atoms with Crippen LogP contribution in [0.15, 0.2) is 47.0 Å². The molecule has 3 saturated carbocycles. The molecule has 8 atom stereocenters. The van der Waals surface area contributed by atoms with E-state index >= 15 is 0 Å². The van der Waals surface area contributed by atoms with Crippen molar-refractivity contribution in [3.05, 3.63) is 52.6 Å². The van der Waals surface area contributed by atoms with Crippen LogP contribution in [0, 0.1) is 40.4 Å². The number of ketones is 2. The Hall–Kier alpha value is -2.35. The quantitative estimate of drug-likeness (QED) is 0.102. The van der Waals surface area contributed by atoms with Crippen LogP contribution >= 0.6 is 34.8 Å². The van der Waals surface area contributed by atoms with Crippen molar-refractivity contribution < 1.29 is 28.7 Å². The lowest BCUT2D eigenvalue weighted by molar-refractivity contribution is -0.187. The Bertz CT molecular complexity index is 1550. The van der Waals surface area contributed by atoms with E-state index in [1.165, 1.54) is 0 Å². The highest BCUT2D eigenvalue weighted by molar-refractivity contribution is 6.32. The zero-order valence-electron chi connectivity index (χ0n) is 29.5. The number of rotatable bonds is 15. The zero-order valence-corrected chi connectivity index (χ0v) is 31.8. The molecule has 0 N–H and O–H groups in total. The van der Waals surface area contributed by atoms with E-state index in [-0.39, 0.29) is 53.7 Å². The maximum absolute atomic E-state index is 13.4. The molecule has 272 valence electrons. The molecule has 0 aromatic heterocycles. The van der Waals surface area contributed by atoms with Crippen LogP contribution in [0.25, 0.3) is 0 Å². The SMILES string of the molecule is CC(=O)[C@@]1(OC(=O)CCCOC(=O)CCCc2ccc(N(CCCl)CCCl)cc2)CC[C@H]2[C@@H]3C=C(Cl)C4=CC(=O)[C@@H]5C[C@@H]5[C@]4(C)[C@H]3CC[C@@]21C. The standard InChI is InChI=1S/C40H50Cl3NO6/c1-25(45)40(16-14-30-28-23-34(43)33-24-35(46)29-22-32(29)39(33,3)31(28)13-15-38(30,40)2)50-37(48)8-5-21-49-36(47)7-4-6-26-9-11-27(12-10-26)44(19-17-41)20-18-42/h9-12,23-24,28-32H,4-8,13-22H2,1-3H3/t28-,29+,30-,31-,32-,38-,39-,40-/m0/s1. The van der Waals surface area contributed by atoms with E-state index in [9.17, 15) is 19.2 Å². The average molecular weight is 747 g/mol.